The molecule has 0 fully saturated rings. The standard InChI is InChI=1S/C16H20N4/c1-16(2,10-18)11-20(3)15-12(8-17)9-19-14-7-5-4-6-13(14)15/h4-7,9H,10-11,18H2,1-3H3. The van der Waals surface area contributed by atoms with E-state index in [1.807, 2.05) is 31.3 Å². The lowest BCUT2D eigenvalue weighted by atomic mass is 9.92. The summed E-state index contributed by atoms with van der Waals surface area (Å²) in [5, 5.41) is 10.3. The first-order chi connectivity index (χ1) is 9.48. The van der Waals surface area contributed by atoms with Crippen LogP contribution in [0.1, 0.15) is 19.4 Å². The Kier molecular flexibility index (Phi) is 3.91. The fourth-order valence-electron chi connectivity index (χ4n) is 2.41. The number of para-hydroxylation sites is 1. The van der Waals surface area contributed by atoms with Gasteiger partial charge in [0.15, 0.2) is 0 Å². The summed E-state index contributed by atoms with van der Waals surface area (Å²) in [7, 11) is 2.00. The van der Waals surface area contributed by atoms with Gasteiger partial charge in [-0.1, -0.05) is 32.0 Å². The Morgan fingerprint density at radius 1 is 1.35 bits per heavy atom. The summed E-state index contributed by atoms with van der Waals surface area (Å²) >= 11 is 0. The summed E-state index contributed by atoms with van der Waals surface area (Å²) in [6, 6.07) is 10.1. The first kappa shape index (κ1) is 14.3. The summed E-state index contributed by atoms with van der Waals surface area (Å²) in [4.78, 5) is 6.44. The van der Waals surface area contributed by atoms with E-state index >= 15 is 0 Å². The summed E-state index contributed by atoms with van der Waals surface area (Å²) in [5.41, 5.74) is 8.23. The lowest BCUT2D eigenvalue weighted by Crippen LogP contribution is -2.37. The van der Waals surface area contributed by atoms with Gasteiger partial charge in [-0.15, -0.1) is 0 Å². The molecule has 0 saturated heterocycles. The van der Waals surface area contributed by atoms with Crippen LogP contribution < -0.4 is 10.6 Å². The van der Waals surface area contributed by atoms with Crippen molar-refractivity contribution >= 4 is 16.6 Å². The second-order valence-electron chi connectivity index (χ2n) is 5.87. The van der Waals surface area contributed by atoms with Gasteiger partial charge in [-0.2, -0.15) is 5.26 Å². The van der Waals surface area contributed by atoms with Crippen molar-refractivity contribution < 1.29 is 0 Å². The van der Waals surface area contributed by atoms with Crippen LogP contribution in [0.2, 0.25) is 0 Å². The van der Waals surface area contributed by atoms with Gasteiger partial charge in [-0.05, 0) is 18.0 Å². The lowest BCUT2D eigenvalue weighted by molar-refractivity contribution is 0.385. The highest BCUT2D eigenvalue weighted by Gasteiger charge is 2.21. The van der Waals surface area contributed by atoms with Crippen LogP contribution in [0.3, 0.4) is 0 Å². The number of benzene rings is 1. The Balaban J connectivity index is 2.54. The highest BCUT2D eigenvalue weighted by molar-refractivity contribution is 5.94. The molecule has 4 heteroatoms. The van der Waals surface area contributed by atoms with E-state index in [1.54, 1.807) is 6.20 Å². The van der Waals surface area contributed by atoms with Crippen molar-refractivity contribution in [3.8, 4) is 6.07 Å². The Bertz CT molecular complexity index is 655. The summed E-state index contributed by atoms with van der Waals surface area (Å²) in [6.45, 7) is 5.63. The van der Waals surface area contributed by atoms with Gasteiger partial charge in [0.2, 0.25) is 0 Å². The van der Waals surface area contributed by atoms with E-state index in [0.29, 0.717) is 12.1 Å². The fraction of sp³-hybridized carbons (Fsp3) is 0.375. The molecule has 0 radical (unpaired) electrons. The third-order valence-corrected chi connectivity index (χ3v) is 3.47. The molecule has 20 heavy (non-hydrogen) atoms. The predicted octanol–water partition coefficient (Wildman–Crippen LogP) is 2.53. The SMILES string of the molecule is CN(CC(C)(C)CN)c1c(C#N)cnc2ccccc12. The zero-order chi connectivity index (χ0) is 14.8. The van der Waals surface area contributed by atoms with Crippen molar-refractivity contribution in [1.29, 1.82) is 5.26 Å². The van der Waals surface area contributed by atoms with E-state index < -0.39 is 0 Å². The highest BCUT2D eigenvalue weighted by atomic mass is 15.1. The molecular weight excluding hydrogens is 248 g/mol. The Labute approximate surface area is 119 Å². The summed E-state index contributed by atoms with van der Waals surface area (Å²) in [5.74, 6) is 0. The molecule has 1 aromatic carbocycles. The normalized spacial score (nSPS) is 11.3. The molecule has 0 bridgehead atoms. The largest absolute Gasteiger partial charge is 0.372 e. The number of aromatic nitrogens is 1. The van der Waals surface area contributed by atoms with Crippen molar-refractivity contribution in [3.05, 3.63) is 36.0 Å². The van der Waals surface area contributed by atoms with Crippen LogP contribution in [0.25, 0.3) is 10.9 Å². The van der Waals surface area contributed by atoms with Crippen LogP contribution in [-0.2, 0) is 0 Å². The van der Waals surface area contributed by atoms with Crippen LogP contribution in [0, 0.1) is 16.7 Å². The second kappa shape index (κ2) is 5.48. The maximum atomic E-state index is 9.34. The monoisotopic (exact) mass is 268 g/mol. The van der Waals surface area contributed by atoms with Gasteiger partial charge < -0.3 is 10.6 Å². The number of fused-ring (bicyclic) bond motifs is 1. The Hall–Kier alpha value is -2.12. The van der Waals surface area contributed by atoms with Gasteiger partial charge in [-0.25, -0.2) is 0 Å². The average Bonchev–Trinajstić information content (AvgIpc) is 2.45. The van der Waals surface area contributed by atoms with Gasteiger partial charge >= 0.3 is 0 Å². The number of pyridine rings is 1. The van der Waals surface area contributed by atoms with Gasteiger partial charge in [0.1, 0.15) is 6.07 Å². The van der Waals surface area contributed by atoms with Crippen LogP contribution in [0.15, 0.2) is 30.5 Å². The first-order valence-corrected chi connectivity index (χ1v) is 6.67. The Morgan fingerprint density at radius 3 is 2.70 bits per heavy atom. The number of hydrogen-bond acceptors (Lipinski definition) is 4. The highest BCUT2D eigenvalue weighted by Crippen LogP contribution is 2.30. The summed E-state index contributed by atoms with van der Waals surface area (Å²) < 4.78 is 0. The third-order valence-electron chi connectivity index (χ3n) is 3.47. The van der Waals surface area contributed by atoms with Gasteiger partial charge in [0.25, 0.3) is 0 Å². The quantitative estimate of drug-likeness (QED) is 0.925. The van der Waals surface area contributed by atoms with Gasteiger partial charge in [0.05, 0.1) is 16.8 Å². The third kappa shape index (κ3) is 2.73. The number of nitrogens with zero attached hydrogens (tertiary/aromatic N) is 3. The molecule has 0 amide bonds. The number of rotatable bonds is 4. The molecule has 2 aromatic rings. The molecule has 1 aromatic heterocycles. The zero-order valence-corrected chi connectivity index (χ0v) is 12.2. The molecule has 4 nitrogen and oxygen atoms in total. The molecule has 2 rings (SSSR count). The number of hydrogen-bond donors (Lipinski definition) is 1. The molecule has 2 N–H and O–H groups in total. The van der Waals surface area contributed by atoms with E-state index in [-0.39, 0.29) is 5.41 Å². The smallest absolute Gasteiger partial charge is 0.103 e. The predicted molar refractivity (Wildman–Crippen MR) is 82.6 cm³/mol. The van der Waals surface area contributed by atoms with Crippen molar-refractivity contribution in [3.63, 3.8) is 0 Å². The van der Waals surface area contributed by atoms with E-state index in [2.05, 4.69) is 29.8 Å². The van der Waals surface area contributed by atoms with Gasteiger partial charge in [-0.3, -0.25) is 4.98 Å². The van der Waals surface area contributed by atoms with Crippen molar-refractivity contribution in [1.82, 2.24) is 4.98 Å². The van der Waals surface area contributed by atoms with E-state index in [9.17, 15) is 5.26 Å². The molecule has 104 valence electrons. The van der Waals surface area contributed by atoms with Crippen molar-refractivity contribution in [2.75, 3.05) is 25.0 Å². The minimum atomic E-state index is -0.00809. The Morgan fingerprint density at radius 2 is 2.05 bits per heavy atom. The minimum absolute atomic E-state index is 0.00809. The molecule has 0 spiro atoms. The summed E-state index contributed by atoms with van der Waals surface area (Å²) in [6.07, 6.45) is 1.64. The molecule has 1 heterocycles. The maximum absolute atomic E-state index is 9.34. The van der Waals surface area contributed by atoms with Crippen LogP contribution in [0.5, 0.6) is 0 Å². The maximum Gasteiger partial charge on any atom is 0.103 e. The van der Waals surface area contributed by atoms with Crippen LogP contribution in [-0.4, -0.2) is 25.1 Å². The van der Waals surface area contributed by atoms with Crippen LogP contribution >= 0.6 is 0 Å². The number of nitrogens with two attached hydrogens (primary N) is 1. The van der Waals surface area contributed by atoms with E-state index in [1.165, 1.54) is 0 Å². The molecule has 0 atom stereocenters. The molecule has 0 aliphatic rings. The topological polar surface area (TPSA) is 65.9 Å². The van der Waals surface area contributed by atoms with Crippen molar-refractivity contribution in [2.45, 2.75) is 13.8 Å². The van der Waals surface area contributed by atoms with Gasteiger partial charge in [0, 0.05) is 25.2 Å². The van der Waals surface area contributed by atoms with Crippen LogP contribution in [0.4, 0.5) is 5.69 Å². The number of nitriles is 1. The average molecular weight is 268 g/mol. The molecule has 0 saturated carbocycles. The molecule has 0 unspecified atom stereocenters. The van der Waals surface area contributed by atoms with E-state index in [4.69, 9.17) is 5.73 Å². The molecule has 0 aliphatic heterocycles. The second-order valence-corrected chi connectivity index (χ2v) is 5.87. The lowest BCUT2D eigenvalue weighted by Gasteiger charge is -2.31. The minimum Gasteiger partial charge on any atom is -0.372 e. The fourth-order valence-corrected chi connectivity index (χ4v) is 2.41. The zero-order valence-electron chi connectivity index (χ0n) is 12.2. The molecule has 0 aliphatic carbocycles. The number of anilines is 1. The van der Waals surface area contributed by atoms with Crippen molar-refractivity contribution in [2.24, 2.45) is 11.1 Å². The molecular formula is C16H20N4. The van der Waals surface area contributed by atoms with E-state index in [0.717, 1.165) is 23.1 Å². The first-order valence-electron chi connectivity index (χ1n) is 6.67.